The minimum atomic E-state index is -4.68. The van der Waals surface area contributed by atoms with Crippen molar-refractivity contribution in [2.24, 2.45) is 0 Å². The molecule has 0 atom stereocenters. The molecule has 0 fully saturated rings. The predicted octanol–water partition coefficient (Wildman–Crippen LogP) is 4.47. The standard InChI is InChI=1S/C14H12Cl2F3N3O2/c1-3-22-12(10(16)11(21-22)13(23)24-4-2)7-6-20-9(15)5-8(7)14(17,18)19/h5-6H,3-4H2,1-2H3. The normalized spacial score (nSPS) is 11.6. The first-order valence-electron chi connectivity index (χ1n) is 6.87. The van der Waals surface area contributed by atoms with Crippen molar-refractivity contribution in [2.45, 2.75) is 26.6 Å². The molecule has 0 saturated carbocycles. The molecular formula is C14H12Cl2F3N3O2. The van der Waals surface area contributed by atoms with E-state index in [4.69, 9.17) is 27.9 Å². The fourth-order valence-corrected chi connectivity index (χ4v) is 2.58. The van der Waals surface area contributed by atoms with Crippen molar-refractivity contribution in [3.8, 4) is 11.3 Å². The second kappa shape index (κ2) is 6.98. The van der Waals surface area contributed by atoms with Crippen LogP contribution in [0, 0.1) is 0 Å². The number of halogens is 5. The molecule has 5 nitrogen and oxygen atoms in total. The van der Waals surface area contributed by atoms with Gasteiger partial charge in [-0.2, -0.15) is 18.3 Å². The van der Waals surface area contributed by atoms with Gasteiger partial charge < -0.3 is 4.74 Å². The van der Waals surface area contributed by atoms with Gasteiger partial charge in [-0.25, -0.2) is 9.78 Å². The van der Waals surface area contributed by atoms with E-state index in [-0.39, 0.29) is 40.3 Å². The average Bonchev–Trinajstić information content (AvgIpc) is 2.83. The Morgan fingerprint density at radius 2 is 2.00 bits per heavy atom. The lowest BCUT2D eigenvalue weighted by molar-refractivity contribution is -0.137. The van der Waals surface area contributed by atoms with Crippen molar-refractivity contribution in [3.63, 3.8) is 0 Å². The molecule has 2 aromatic rings. The van der Waals surface area contributed by atoms with Crippen LogP contribution in [0.2, 0.25) is 10.2 Å². The molecule has 2 aromatic heterocycles. The van der Waals surface area contributed by atoms with E-state index >= 15 is 0 Å². The Morgan fingerprint density at radius 3 is 2.54 bits per heavy atom. The molecule has 0 aliphatic carbocycles. The Labute approximate surface area is 145 Å². The number of carbonyl (C=O) groups is 1. The number of esters is 1. The SMILES string of the molecule is CCOC(=O)c1nn(CC)c(-c2cnc(Cl)cc2C(F)(F)F)c1Cl. The van der Waals surface area contributed by atoms with Crippen LogP contribution in [-0.2, 0) is 17.5 Å². The molecule has 10 heteroatoms. The van der Waals surface area contributed by atoms with Crippen molar-refractivity contribution in [2.75, 3.05) is 6.61 Å². The van der Waals surface area contributed by atoms with Crippen molar-refractivity contribution in [1.29, 1.82) is 0 Å². The van der Waals surface area contributed by atoms with Crippen molar-refractivity contribution in [1.82, 2.24) is 14.8 Å². The molecule has 0 amide bonds. The minimum Gasteiger partial charge on any atom is -0.461 e. The van der Waals surface area contributed by atoms with Crippen LogP contribution in [0.5, 0.6) is 0 Å². The molecule has 2 heterocycles. The first-order chi connectivity index (χ1) is 11.2. The van der Waals surface area contributed by atoms with Gasteiger partial charge in [-0.15, -0.1) is 0 Å². The van der Waals surface area contributed by atoms with Crippen LogP contribution in [-0.4, -0.2) is 27.3 Å². The molecule has 0 N–H and O–H groups in total. The lowest BCUT2D eigenvalue weighted by atomic mass is 10.1. The Kier molecular flexibility index (Phi) is 5.39. The summed E-state index contributed by atoms with van der Waals surface area (Å²) < 4.78 is 46.0. The zero-order valence-electron chi connectivity index (χ0n) is 12.6. The second-order valence-corrected chi connectivity index (χ2v) is 5.36. The van der Waals surface area contributed by atoms with Crippen LogP contribution in [0.1, 0.15) is 29.9 Å². The van der Waals surface area contributed by atoms with Crippen LogP contribution < -0.4 is 0 Å². The average molecular weight is 382 g/mol. The molecule has 130 valence electrons. The molecule has 0 spiro atoms. The van der Waals surface area contributed by atoms with Gasteiger partial charge in [-0.3, -0.25) is 4.68 Å². The summed E-state index contributed by atoms with van der Waals surface area (Å²) in [6.07, 6.45) is -3.73. The van der Waals surface area contributed by atoms with E-state index < -0.39 is 17.7 Å². The number of rotatable bonds is 4. The van der Waals surface area contributed by atoms with E-state index in [1.807, 2.05) is 0 Å². The maximum Gasteiger partial charge on any atom is 0.417 e. The third kappa shape index (κ3) is 3.49. The third-order valence-electron chi connectivity index (χ3n) is 3.09. The quantitative estimate of drug-likeness (QED) is 0.579. The molecule has 0 aliphatic heterocycles. The van der Waals surface area contributed by atoms with Crippen molar-refractivity contribution in [3.05, 3.63) is 33.7 Å². The summed E-state index contributed by atoms with van der Waals surface area (Å²) in [7, 11) is 0. The Bertz CT molecular complexity index is 775. The van der Waals surface area contributed by atoms with Crippen LogP contribution in [0.4, 0.5) is 13.2 Å². The Morgan fingerprint density at radius 1 is 1.33 bits per heavy atom. The van der Waals surface area contributed by atoms with Gasteiger partial charge in [-0.05, 0) is 19.9 Å². The van der Waals surface area contributed by atoms with Gasteiger partial charge in [0.05, 0.1) is 17.9 Å². The predicted molar refractivity (Wildman–Crippen MR) is 82.1 cm³/mol. The summed E-state index contributed by atoms with van der Waals surface area (Å²) in [5, 5.41) is 3.41. The molecule has 0 aliphatic rings. The first-order valence-corrected chi connectivity index (χ1v) is 7.62. The zero-order chi connectivity index (χ0) is 18.1. The lowest BCUT2D eigenvalue weighted by Crippen LogP contribution is -2.10. The highest BCUT2D eigenvalue weighted by molar-refractivity contribution is 6.36. The number of pyridine rings is 1. The fourth-order valence-electron chi connectivity index (χ4n) is 2.11. The Balaban J connectivity index is 2.72. The molecule has 0 bridgehead atoms. The summed E-state index contributed by atoms with van der Waals surface area (Å²) in [4.78, 5) is 15.6. The van der Waals surface area contributed by atoms with E-state index in [0.29, 0.717) is 6.07 Å². The number of alkyl halides is 3. The van der Waals surface area contributed by atoms with E-state index in [0.717, 1.165) is 6.20 Å². The number of nitrogens with zero attached hydrogens (tertiary/aromatic N) is 3. The van der Waals surface area contributed by atoms with Crippen LogP contribution in [0.15, 0.2) is 12.3 Å². The number of ether oxygens (including phenoxy) is 1. The van der Waals surface area contributed by atoms with Gasteiger partial charge in [0.25, 0.3) is 0 Å². The lowest BCUT2D eigenvalue weighted by Gasteiger charge is -2.14. The summed E-state index contributed by atoms with van der Waals surface area (Å²) in [6.45, 7) is 3.51. The van der Waals surface area contributed by atoms with Gasteiger partial charge in [0.15, 0.2) is 5.69 Å². The highest BCUT2D eigenvalue weighted by Gasteiger charge is 2.36. The van der Waals surface area contributed by atoms with Crippen molar-refractivity contribution < 1.29 is 22.7 Å². The summed E-state index contributed by atoms with van der Waals surface area (Å²) >= 11 is 11.7. The summed E-state index contributed by atoms with van der Waals surface area (Å²) in [6, 6.07) is 0.699. The fraction of sp³-hybridized carbons (Fsp3) is 0.357. The van der Waals surface area contributed by atoms with E-state index in [1.165, 1.54) is 4.68 Å². The molecule has 24 heavy (non-hydrogen) atoms. The summed E-state index contributed by atoms with van der Waals surface area (Å²) in [5.74, 6) is -0.813. The third-order valence-corrected chi connectivity index (χ3v) is 3.66. The minimum absolute atomic E-state index is 0.0706. The maximum absolute atomic E-state index is 13.3. The van der Waals surface area contributed by atoms with Crippen molar-refractivity contribution >= 4 is 29.2 Å². The molecule has 0 unspecified atom stereocenters. The van der Waals surface area contributed by atoms with Gasteiger partial charge in [0.1, 0.15) is 10.2 Å². The Hall–Kier alpha value is -1.80. The summed E-state index contributed by atoms with van der Waals surface area (Å²) in [5.41, 5.74) is -1.66. The van der Waals surface area contributed by atoms with Crippen LogP contribution >= 0.6 is 23.2 Å². The second-order valence-electron chi connectivity index (χ2n) is 4.60. The molecule has 2 rings (SSSR count). The molecular weight excluding hydrogens is 370 g/mol. The maximum atomic E-state index is 13.3. The highest BCUT2D eigenvalue weighted by atomic mass is 35.5. The molecule has 0 aromatic carbocycles. The number of hydrogen-bond acceptors (Lipinski definition) is 4. The van der Waals surface area contributed by atoms with Gasteiger partial charge in [-0.1, -0.05) is 23.2 Å². The first kappa shape index (κ1) is 18.5. The highest BCUT2D eigenvalue weighted by Crippen LogP contribution is 2.41. The smallest absolute Gasteiger partial charge is 0.417 e. The van der Waals surface area contributed by atoms with Crippen LogP contribution in [0.3, 0.4) is 0 Å². The number of aromatic nitrogens is 3. The number of carbonyl (C=O) groups excluding carboxylic acids is 1. The van der Waals surface area contributed by atoms with E-state index in [9.17, 15) is 18.0 Å². The van der Waals surface area contributed by atoms with Gasteiger partial charge >= 0.3 is 12.1 Å². The largest absolute Gasteiger partial charge is 0.461 e. The number of hydrogen-bond donors (Lipinski definition) is 0. The van der Waals surface area contributed by atoms with Gasteiger partial charge in [0.2, 0.25) is 0 Å². The topological polar surface area (TPSA) is 57.0 Å². The van der Waals surface area contributed by atoms with Gasteiger partial charge in [0, 0.05) is 18.3 Å². The molecule has 0 radical (unpaired) electrons. The number of aryl methyl sites for hydroxylation is 1. The monoisotopic (exact) mass is 381 g/mol. The molecule has 0 saturated heterocycles. The van der Waals surface area contributed by atoms with E-state index in [1.54, 1.807) is 13.8 Å². The van der Waals surface area contributed by atoms with Crippen LogP contribution in [0.25, 0.3) is 11.3 Å². The van der Waals surface area contributed by atoms with E-state index in [2.05, 4.69) is 10.1 Å². The zero-order valence-corrected chi connectivity index (χ0v) is 14.1.